The highest BCUT2D eigenvalue weighted by molar-refractivity contribution is 5.76. The number of amides is 1. The van der Waals surface area contributed by atoms with Crippen LogP contribution in [0.4, 0.5) is 0 Å². The van der Waals surface area contributed by atoms with Crippen LogP contribution in [-0.4, -0.2) is 38.8 Å². The number of pyridine rings is 1. The summed E-state index contributed by atoms with van der Waals surface area (Å²) in [5, 5.41) is 35.7. The van der Waals surface area contributed by atoms with E-state index in [4.69, 9.17) is 0 Å². The predicted molar refractivity (Wildman–Crippen MR) is 131 cm³/mol. The van der Waals surface area contributed by atoms with Gasteiger partial charge in [-0.2, -0.15) is 0 Å². The molecule has 0 saturated carbocycles. The molecule has 1 aromatic heterocycles. The van der Waals surface area contributed by atoms with Gasteiger partial charge >= 0.3 is 0 Å². The largest absolute Gasteiger partial charge is 0.508 e. The summed E-state index contributed by atoms with van der Waals surface area (Å²) < 4.78 is 0. The van der Waals surface area contributed by atoms with Gasteiger partial charge < -0.3 is 26.0 Å². The first-order chi connectivity index (χ1) is 16.4. The van der Waals surface area contributed by atoms with Crippen LogP contribution in [0.2, 0.25) is 0 Å². The lowest BCUT2D eigenvalue weighted by atomic mass is 10.0. The number of aliphatic hydroxyl groups is 2. The lowest BCUT2D eigenvalue weighted by Crippen LogP contribution is -2.32. The van der Waals surface area contributed by atoms with Crippen molar-refractivity contribution in [3.05, 3.63) is 94.8 Å². The van der Waals surface area contributed by atoms with Crippen molar-refractivity contribution in [3.8, 4) is 5.75 Å². The third kappa shape index (κ3) is 7.95. The van der Waals surface area contributed by atoms with E-state index < -0.39 is 6.10 Å². The zero-order valence-corrected chi connectivity index (χ0v) is 19.4. The number of hydrogen-bond donors (Lipinski definition) is 5. The van der Waals surface area contributed by atoms with E-state index in [0.29, 0.717) is 37.1 Å². The summed E-state index contributed by atoms with van der Waals surface area (Å²) in [6.45, 7) is 2.56. The van der Waals surface area contributed by atoms with Crippen LogP contribution in [0.1, 0.15) is 47.4 Å². The number of carbonyl (C=O) groups excluding carboxylic acids is 1. The molecule has 1 amide bonds. The van der Waals surface area contributed by atoms with Crippen LogP contribution in [0.5, 0.6) is 5.75 Å². The predicted octanol–water partition coefficient (Wildman–Crippen LogP) is 2.78. The van der Waals surface area contributed by atoms with Crippen molar-refractivity contribution in [2.24, 2.45) is 0 Å². The monoisotopic (exact) mass is 463 g/mol. The third-order valence-corrected chi connectivity index (χ3v) is 5.69. The Bertz CT molecular complexity index is 1060. The van der Waals surface area contributed by atoms with Crippen LogP contribution < -0.4 is 10.6 Å². The van der Waals surface area contributed by atoms with E-state index >= 15 is 0 Å². The molecule has 1 heterocycles. The van der Waals surface area contributed by atoms with Crippen LogP contribution >= 0.6 is 0 Å². The number of aromatic nitrogens is 1. The molecule has 3 aromatic rings. The molecular weight excluding hydrogens is 430 g/mol. The molecule has 7 heteroatoms. The fourth-order valence-electron chi connectivity index (χ4n) is 3.75. The first-order valence-electron chi connectivity index (χ1n) is 11.5. The average molecular weight is 464 g/mol. The molecule has 3 rings (SSSR count). The van der Waals surface area contributed by atoms with Crippen molar-refractivity contribution < 1.29 is 20.1 Å². The van der Waals surface area contributed by atoms with Gasteiger partial charge in [0, 0.05) is 30.8 Å². The topological polar surface area (TPSA) is 115 Å². The molecular formula is C27H33N3O4. The Morgan fingerprint density at radius 1 is 1.06 bits per heavy atom. The summed E-state index contributed by atoms with van der Waals surface area (Å²) in [4.78, 5) is 16.4. The highest BCUT2D eigenvalue weighted by Crippen LogP contribution is 2.22. The molecule has 0 aliphatic heterocycles. The standard InChI is InChI=1S/C27H33N3O4/c1-19(29-17-26(33)22-9-10-25(32)23(15-22)18-31)13-21-6-4-5-20(14-21)8-11-27(34)30-16-24-7-2-3-12-28-24/h2-7,9-10,12,14-15,19,26,29,31-33H,8,11,13,16-18H2,1H3,(H,30,34)/t19-,26-/m1/s1. The second-order valence-corrected chi connectivity index (χ2v) is 8.49. The SMILES string of the molecule is C[C@H](Cc1cccc(CCC(=O)NCc2ccccn2)c1)NC[C@@H](O)c1ccc(O)c(CO)c1. The third-order valence-electron chi connectivity index (χ3n) is 5.69. The number of nitrogens with zero attached hydrogens (tertiary/aromatic N) is 1. The number of phenols is 1. The fourth-order valence-corrected chi connectivity index (χ4v) is 3.75. The van der Waals surface area contributed by atoms with Crippen molar-refractivity contribution in [1.82, 2.24) is 15.6 Å². The number of hydrogen-bond acceptors (Lipinski definition) is 6. The normalized spacial score (nSPS) is 12.8. The maximum Gasteiger partial charge on any atom is 0.220 e. The zero-order chi connectivity index (χ0) is 24.3. The number of benzene rings is 2. The minimum absolute atomic E-state index is 0.00124. The van der Waals surface area contributed by atoms with Crippen molar-refractivity contribution in [3.63, 3.8) is 0 Å². The second kappa shape index (κ2) is 12.8. The molecule has 2 aromatic carbocycles. The van der Waals surface area contributed by atoms with E-state index in [9.17, 15) is 20.1 Å². The van der Waals surface area contributed by atoms with Crippen LogP contribution in [-0.2, 0) is 30.8 Å². The van der Waals surface area contributed by atoms with E-state index in [1.807, 2.05) is 30.3 Å². The molecule has 0 spiro atoms. The van der Waals surface area contributed by atoms with Gasteiger partial charge in [0.15, 0.2) is 0 Å². The van der Waals surface area contributed by atoms with E-state index in [0.717, 1.165) is 23.2 Å². The summed E-state index contributed by atoms with van der Waals surface area (Å²) in [5.74, 6) is 0.0176. The molecule has 0 aliphatic rings. The van der Waals surface area contributed by atoms with Gasteiger partial charge in [0.2, 0.25) is 5.91 Å². The maximum atomic E-state index is 12.2. The van der Waals surface area contributed by atoms with E-state index in [-0.39, 0.29) is 24.3 Å². The Balaban J connectivity index is 1.43. The van der Waals surface area contributed by atoms with Gasteiger partial charge in [-0.1, -0.05) is 36.4 Å². The molecule has 2 atom stereocenters. The highest BCUT2D eigenvalue weighted by Gasteiger charge is 2.12. The van der Waals surface area contributed by atoms with Gasteiger partial charge in [0.05, 0.1) is 24.9 Å². The van der Waals surface area contributed by atoms with Gasteiger partial charge in [0.1, 0.15) is 5.75 Å². The number of carbonyl (C=O) groups is 1. The molecule has 0 saturated heterocycles. The summed E-state index contributed by atoms with van der Waals surface area (Å²) >= 11 is 0. The summed E-state index contributed by atoms with van der Waals surface area (Å²) in [7, 11) is 0. The maximum absolute atomic E-state index is 12.2. The Labute approximate surface area is 200 Å². The number of aliphatic hydroxyl groups excluding tert-OH is 2. The second-order valence-electron chi connectivity index (χ2n) is 8.49. The van der Waals surface area contributed by atoms with Gasteiger partial charge in [-0.05, 0) is 60.7 Å². The van der Waals surface area contributed by atoms with Crippen LogP contribution in [0.3, 0.4) is 0 Å². The Kier molecular flexibility index (Phi) is 9.58. The van der Waals surface area contributed by atoms with Crippen LogP contribution in [0, 0.1) is 0 Å². The van der Waals surface area contributed by atoms with Crippen molar-refractivity contribution in [1.29, 1.82) is 0 Å². The Morgan fingerprint density at radius 3 is 2.65 bits per heavy atom. The molecule has 0 fully saturated rings. The lowest BCUT2D eigenvalue weighted by molar-refractivity contribution is -0.121. The van der Waals surface area contributed by atoms with E-state index in [1.165, 1.54) is 6.07 Å². The van der Waals surface area contributed by atoms with Crippen molar-refractivity contribution >= 4 is 5.91 Å². The smallest absolute Gasteiger partial charge is 0.220 e. The molecule has 0 unspecified atom stereocenters. The van der Waals surface area contributed by atoms with Crippen LogP contribution in [0.25, 0.3) is 0 Å². The minimum atomic E-state index is -0.746. The van der Waals surface area contributed by atoms with E-state index in [2.05, 4.69) is 34.7 Å². The van der Waals surface area contributed by atoms with E-state index in [1.54, 1.807) is 18.3 Å². The average Bonchev–Trinajstić information content (AvgIpc) is 2.86. The molecule has 0 aliphatic carbocycles. The number of aryl methyl sites for hydroxylation is 1. The van der Waals surface area contributed by atoms with Gasteiger partial charge in [0.25, 0.3) is 0 Å². The first-order valence-corrected chi connectivity index (χ1v) is 11.5. The first kappa shape index (κ1) is 25.4. The summed E-state index contributed by atoms with van der Waals surface area (Å²) in [6.07, 6.45) is 2.83. The molecule has 0 bridgehead atoms. The number of rotatable bonds is 12. The molecule has 0 radical (unpaired) electrons. The molecule has 34 heavy (non-hydrogen) atoms. The molecule has 7 nitrogen and oxygen atoms in total. The van der Waals surface area contributed by atoms with Gasteiger partial charge in [-0.15, -0.1) is 0 Å². The number of nitrogens with one attached hydrogen (secondary N) is 2. The van der Waals surface area contributed by atoms with Crippen molar-refractivity contribution in [2.75, 3.05) is 6.54 Å². The Morgan fingerprint density at radius 2 is 1.88 bits per heavy atom. The van der Waals surface area contributed by atoms with Crippen molar-refractivity contribution in [2.45, 2.75) is 51.5 Å². The fraction of sp³-hybridized carbons (Fsp3) is 0.333. The molecule has 5 N–H and O–H groups in total. The number of aromatic hydroxyl groups is 1. The van der Waals surface area contributed by atoms with Crippen LogP contribution in [0.15, 0.2) is 66.9 Å². The summed E-state index contributed by atoms with van der Waals surface area (Å²) in [6, 6.07) is 18.7. The molecule has 180 valence electrons. The quantitative estimate of drug-likeness (QED) is 0.282. The highest BCUT2D eigenvalue weighted by atomic mass is 16.3. The Hall–Kier alpha value is -3.26. The zero-order valence-electron chi connectivity index (χ0n) is 19.4. The lowest BCUT2D eigenvalue weighted by Gasteiger charge is -2.18. The van der Waals surface area contributed by atoms with Gasteiger partial charge in [-0.25, -0.2) is 0 Å². The minimum Gasteiger partial charge on any atom is -0.508 e. The summed E-state index contributed by atoms with van der Waals surface area (Å²) in [5.41, 5.74) is 4.15. The van der Waals surface area contributed by atoms with Gasteiger partial charge in [-0.3, -0.25) is 9.78 Å².